The highest BCUT2D eigenvalue weighted by molar-refractivity contribution is 4.88. The lowest BCUT2D eigenvalue weighted by Gasteiger charge is -2.29. The Balaban J connectivity index is 3.87. The highest BCUT2D eigenvalue weighted by Crippen LogP contribution is 2.21. The van der Waals surface area contributed by atoms with Crippen LogP contribution in [0.1, 0.15) is 34.1 Å². The summed E-state index contributed by atoms with van der Waals surface area (Å²) in [6, 6.07) is 0. The van der Waals surface area contributed by atoms with E-state index in [1.54, 1.807) is 0 Å². The number of rotatable bonds is 5. The lowest BCUT2D eigenvalue weighted by Crippen LogP contribution is -2.31. The fourth-order valence-electron chi connectivity index (χ4n) is 0.780. The van der Waals surface area contributed by atoms with Gasteiger partial charge in [-0.25, -0.2) is 0 Å². The largest absolute Gasteiger partial charge is 0.375 e. The van der Waals surface area contributed by atoms with Crippen LogP contribution >= 0.6 is 0 Å². The molecule has 0 aromatic heterocycles. The van der Waals surface area contributed by atoms with Gasteiger partial charge in [0.15, 0.2) is 0 Å². The van der Waals surface area contributed by atoms with Gasteiger partial charge >= 0.3 is 0 Å². The molecule has 1 unspecified atom stereocenters. The lowest BCUT2D eigenvalue weighted by molar-refractivity contribution is -0.0419. The van der Waals surface area contributed by atoms with Gasteiger partial charge in [-0.1, -0.05) is 19.9 Å². The summed E-state index contributed by atoms with van der Waals surface area (Å²) >= 11 is 0. The van der Waals surface area contributed by atoms with Crippen molar-refractivity contribution in [3.05, 3.63) is 12.7 Å². The third-order valence-electron chi connectivity index (χ3n) is 2.13. The first-order valence-electron chi connectivity index (χ1n) is 4.31. The summed E-state index contributed by atoms with van der Waals surface area (Å²) in [5.41, 5.74) is -0.0578. The Hall–Kier alpha value is -0.300. The van der Waals surface area contributed by atoms with Gasteiger partial charge in [-0.05, 0) is 20.3 Å². The molecular formula is C10H20O. The maximum Gasteiger partial charge on any atom is 0.0686 e. The maximum absolute atomic E-state index is 5.66. The van der Waals surface area contributed by atoms with Crippen LogP contribution < -0.4 is 0 Å². The predicted octanol–water partition coefficient (Wildman–Crippen LogP) is 3.01. The van der Waals surface area contributed by atoms with Crippen LogP contribution in [0.15, 0.2) is 12.7 Å². The van der Waals surface area contributed by atoms with Gasteiger partial charge in [0.1, 0.15) is 0 Å². The van der Waals surface area contributed by atoms with E-state index in [1.807, 2.05) is 6.08 Å². The van der Waals surface area contributed by atoms with Crippen LogP contribution in [0.25, 0.3) is 0 Å². The summed E-state index contributed by atoms with van der Waals surface area (Å²) in [4.78, 5) is 0. The topological polar surface area (TPSA) is 9.23 Å². The van der Waals surface area contributed by atoms with Crippen molar-refractivity contribution in [2.45, 2.75) is 39.7 Å². The van der Waals surface area contributed by atoms with Gasteiger partial charge in [-0.15, -0.1) is 6.58 Å². The highest BCUT2D eigenvalue weighted by atomic mass is 16.5. The molecular weight excluding hydrogens is 136 g/mol. The fourth-order valence-corrected chi connectivity index (χ4v) is 0.780. The highest BCUT2D eigenvalue weighted by Gasteiger charge is 2.23. The molecule has 1 nitrogen and oxygen atoms in total. The summed E-state index contributed by atoms with van der Waals surface area (Å²) in [5, 5.41) is 0. The number of hydrogen-bond acceptors (Lipinski definition) is 1. The Kier molecular flexibility index (Phi) is 4.43. The first-order chi connectivity index (χ1) is 5.04. The Morgan fingerprint density at radius 2 is 2.09 bits per heavy atom. The molecule has 0 radical (unpaired) electrons. The third kappa shape index (κ3) is 3.57. The molecule has 0 aromatic carbocycles. The smallest absolute Gasteiger partial charge is 0.0686 e. The van der Waals surface area contributed by atoms with Gasteiger partial charge in [-0.3, -0.25) is 0 Å². The van der Waals surface area contributed by atoms with E-state index < -0.39 is 0 Å². The van der Waals surface area contributed by atoms with Gasteiger partial charge in [0.25, 0.3) is 0 Å². The minimum Gasteiger partial charge on any atom is -0.375 e. The summed E-state index contributed by atoms with van der Waals surface area (Å²) in [6.45, 7) is 13.1. The average Bonchev–Trinajstić information content (AvgIpc) is 1.99. The molecule has 1 atom stereocenters. The van der Waals surface area contributed by atoms with Gasteiger partial charge in [0.05, 0.1) is 5.60 Å². The van der Waals surface area contributed by atoms with E-state index in [9.17, 15) is 0 Å². The van der Waals surface area contributed by atoms with Crippen LogP contribution in [0.2, 0.25) is 0 Å². The molecule has 0 saturated heterocycles. The Bertz CT molecular complexity index is 116. The molecule has 0 N–H and O–H groups in total. The Morgan fingerprint density at radius 1 is 1.55 bits per heavy atom. The lowest BCUT2D eigenvalue weighted by atomic mass is 9.93. The molecule has 0 aliphatic carbocycles. The van der Waals surface area contributed by atoms with Crippen molar-refractivity contribution in [3.63, 3.8) is 0 Å². The molecule has 0 aliphatic rings. The Morgan fingerprint density at radius 3 is 2.45 bits per heavy atom. The molecule has 0 rings (SSSR count). The van der Waals surface area contributed by atoms with Gasteiger partial charge < -0.3 is 4.74 Å². The van der Waals surface area contributed by atoms with E-state index in [4.69, 9.17) is 4.74 Å². The van der Waals surface area contributed by atoms with Crippen LogP contribution in [0, 0.1) is 5.92 Å². The molecule has 0 saturated carbocycles. The van der Waals surface area contributed by atoms with Crippen molar-refractivity contribution in [1.29, 1.82) is 0 Å². The molecule has 0 bridgehead atoms. The molecule has 66 valence electrons. The zero-order valence-corrected chi connectivity index (χ0v) is 8.18. The van der Waals surface area contributed by atoms with E-state index >= 15 is 0 Å². The van der Waals surface area contributed by atoms with E-state index in [1.165, 1.54) is 0 Å². The second-order valence-corrected chi connectivity index (χ2v) is 3.48. The van der Waals surface area contributed by atoms with Crippen molar-refractivity contribution in [1.82, 2.24) is 0 Å². The maximum atomic E-state index is 5.66. The van der Waals surface area contributed by atoms with Gasteiger partial charge in [0.2, 0.25) is 0 Å². The van der Waals surface area contributed by atoms with E-state index in [-0.39, 0.29) is 5.60 Å². The molecule has 0 aliphatic heterocycles. The molecule has 0 spiro atoms. The summed E-state index contributed by atoms with van der Waals surface area (Å²) < 4.78 is 5.66. The molecule has 11 heavy (non-hydrogen) atoms. The molecule has 0 fully saturated rings. The van der Waals surface area contributed by atoms with Crippen molar-refractivity contribution >= 4 is 0 Å². The van der Waals surface area contributed by atoms with E-state index in [0.717, 1.165) is 13.0 Å². The van der Waals surface area contributed by atoms with Crippen molar-refractivity contribution < 1.29 is 4.74 Å². The summed E-state index contributed by atoms with van der Waals surface area (Å²) in [5.74, 6) is 0.411. The van der Waals surface area contributed by atoms with Crippen LogP contribution in [0.3, 0.4) is 0 Å². The summed E-state index contributed by atoms with van der Waals surface area (Å²) in [7, 11) is 0. The molecule has 0 aromatic rings. The number of ether oxygens (including phenoxy) is 1. The van der Waals surface area contributed by atoms with Crippen molar-refractivity contribution in [2.24, 2.45) is 5.92 Å². The van der Waals surface area contributed by atoms with Crippen molar-refractivity contribution in [3.8, 4) is 0 Å². The fraction of sp³-hybridized carbons (Fsp3) is 0.800. The standard InChI is InChI=1S/C10H20O/c1-6-8-11-10(4,5)9(3)7-2/h7,9H,2,6,8H2,1,3-5H3. The Labute approximate surface area is 70.4 Å². The first kappa shape index (κ1) is 10.7. The van der Waals surface area contributed by atoms with E-state index in [2.05, 4.69) is 34.3 Å². The normalized spacial score (nSPS) is 14.5. The minimum absolute atomic E-state index is 0.0578. The van der Waals surface area contributed by atoms with Crippen LogP contribution in [-0.4, -0.2) is 12.2 Å². The number of hydrogen-bond donors (Lipinski definition) is 0. The second-order valence-electron chi connectivity index (χ2n) is 3.48. The van der Waals surface area contributed by atoms with Gasteiger partial charge in [-0.2, -0.15) is 0 Å². The van der Waals surface area contributed by atoms with E-state index in [0.29, 0.717) is 5.92 Å². The van der Waals surface area contributed by atoms with Crippen LogP contribution in [0.5, 0.6) is 0 Å². The molecule has 0 heterocycles. The van der Waals surface area contributed by atoms with Crippen LogP contribution in [0.4, 0.5) is 0 Å². The first-order valence-corrected chi connectivity index (χ1v) is 4.31. The zero-order chi connectivity index (χ0) is 8.91. The van der Waals surface area contributed by atoms with Crippen LogP contribution in [-0.2, 0) is 4.74 Å². The quantitative estimate of drug-likeness (QED) is 0.556. The second kappa shape index (κ2) is 4.55. The van der Waals surface area contributed by atoms with Gasteiger partial charge in [0, 0.05) is 12.5 Å². The third-order valence-corrected chi connectivity index (χ3v) is 2.13. The molecule has 0 amide bonds. The zero-order valence-electron chi connectivity index (χ0n) is 8.18. The summed E-state index contributed by atoms with van der Waals surface area (Å²) in [6.07, 6.45) is 3.02. The minimum atomic E-state index is -0.0578. The average molecular weight is 156 g/mol. The predicted molar refractivity (Wildman–Crippen MR) is 49.7 cm³/mol. The monoisotopic (exact) mass is 156 g/mol. The SMILES string of the molecule is C=CC(C)C(C)(C)OCCC. The van der Waals surface area contributed by atoms with Crippen molar-refractivity contribution in [2.75, 3.05) is 6.61 Å². The molecule has 1 heteroatoms.